The van der Waals surface area contributed by atoms with Crippen molar-refractivity contribution in [3.8, 4) is 0 Å². The number of thioether (sulfide) groups is 1. The molecule has 6 heteroatoms. The molecule has 1 heterocycles. The molecule has 2 atom stereocenters. The van der Waals surface area contributed by atoms with Crippen molar-refractivity contribution in [3.05, 3.63) is 5.82 Å². The molecule has 2 unspecified atom stereocenters. The quantitative estimate of drug-likeness (QED) is 0.801. The topological polar surface area (TPSA) is 55.6 Å². The molecule has 1 aromatic heterocycles. The lowest BCUT2D eigenvalue weighted by molar-refractivity contribution is 0.321. The van der Waals surface area contributed by atoms with Crippen LogP contribution in [0.5, 0.6) is 0 Å². The van der Waals surface area contributed by atoms with Crippen LogP contribution >= 0.6 is 11.8 Å². The van der Waals surface area contributed by atoms with Gasteiger partial charge in [0.25, 0.3) is 0 Å². The maximum absolute atomic E-state index is 4.19. The van der Waals surface area contributed by atoms with E-state index in [-0.39, 0.29) is 0 Å². The normalized spacial score (nSPS) is 24.3. The lowest BCUT2D eigenvalue weighted by atomic mass is 9.95. The van der Waals surface area contributed by atoms with E-state index in [4.69, 9.17) is 0 Å². The molecule has 102 valence electrons. The average molecular weight is 269 g/mol. The highest BCUT2D eigenvalue weighted by Crippen LogP contribution is 2.33. The SMILES string of the molecule is CCCNCc1nnnn1C1CCCC(SC)C1. The third-order valence-corrected chi connectivity index (χ3v) is 4.64. The van der Waals surface area contributed by atoms with Crippen LogP contribution in [0.25, 0.3) is 0 Å². The zero-order chi connectivity index (χ0) is 12.8. The summed E-state index contributed by atoms with van der Waals surface area (Å²) >= 11 is 1.98. The van der Waals surface area contributed by atoms with Gasteiger partial charge in [-0.05, 0) is 48.9 Å². The predicted octanol–water partition coefficient (Wildman–Crippen LogP) is 2.02. The molecule has 0 radical (unpaired) electrons. The Hall–Kier alpha value is -0.620. The number of hydrogen-bond donors (Lipinski definition) is 1. The minimum absolute atomic E-state index is 0.490. The highest BCUT2D eigenvalue weighted by molar-refractivity contribution is 7.99. The van der Waals surface area contributed by atoms with Crippen molar-refractivity contribution in [1.29, 1.82) is 0 Å². The van der Waals surface area contributed by atoms with E-state index < -0.39 is 0 Å². The van der Waals surface area contributed by atoms with Gasteiger partial charge in [-0.25, -0.2) is 4.68 Å². The number of rotatable bonds is 6. The standard InChI is InChI=1S/C12H23N5S/c1-3-7-13-9-12-14-15-16-17(12)10-5-4-6-11(8-10)18-2/h10-11,13H,3-9H2,1-2H3. The van der Waals surface area contributed by atoms with Gasteiger partial charge in [-0.3, -0.25) is 0 Å². The lowest BCUT2D eigenvalue weighted by Gasteiger charge is -2.28. The highest BCUT2D eigenvalue weighted by atomic mass is 32.2. The van der Waals surface area contributed by atoms with E-state index in [2.05, 4.69) is 34.0 Å². The molecule has 0 spiro atoms. The fraction of sp³-hybridized carbons (Fsp3) is 0.917. The Morgan fingerprint density at radius 2 is 2.33 bits per heavy atom. The van der Waals surface area contributed by atoms with E-state index >= 15 is 0 Å². The van der Waals surface area contributed by atoms with Gasteiger partial charge in [-0.1, -0.05) is 13.3 Å². The molecule has 0 saturated heterocycles. The van der Waals surface area contributed by atoms with Gasteiger partial charge in [0.15, 0.2) is 5.82 Å². The number of aromatic nitrogens is 4. The first kappa shape index (κ1) is 13.8. The van der Waals surface area contributed by atoms with Gasteiger partial charge in [-0.2, -0.15) is 11.8 Å². The minimum atomic E-state index is 0.490. The molecule has 1 N–H and O–H groups in total. The van der Waals surface area contributed by atoms with Gasteiger partial charge in [-0.15, -0.1) is 5.10 Å². The number of nitrogens with one attached hydrogen (secondary N) is 1. The third-order valence-electron chi connectivity index (χ3n) is 3.55. The summed E-state index contributed by atoms with van der Waals surface area (Å²) in [5.74, 6) is 0.982. The van der Waals surface area contributed by atoms with Crippen molar-refractivity contribution in [1.82, 2.24) is 25.5 Å². The van der Waals surface area contributed by atoms with E-state index in [1.54, 1.807) is 0 Å². The van der Waals surface area contributed by atoms with Crippen LogP contribution in [0.2, 0.25) is 0 Å². The number of tetrazole rings is 1. The maximum Gasteiger partial charge on any atom is 0.165 e. The first-order valence-corrected chi connectivity index (χ1v) is 8.14. The number of nitrogens with zero attached hydrogens (tertiary/aromatic N) is 4. The van der Waals surface area contributed by atoms with Gasteiger partial charge in [0.05, 0.1) is 12.6 Å². The van der Waals surface area contributed by atoms with Gasteiger partial charge in [0, 0.05) is 5.25 Å². The minimum Gasteiger partial charge on any atom is -0.310 e. The molecule has 2 rings (SSSR count). The first-order valence-electron chi connectivity index (χ1n) is 6.85. The second kappa shape index (κ2) is 7.09. The van der Waals surface area contributed by atoms with E-state index in [1.807, 2.05) is 16.4 Å². The summed E-state index contributed by atoms with van der Waals surface area (Å²) in [5.41, 5.74) is 0. The van der Waals surface area contributed by atoms with Gasteiger partial charge in [0.1, 0.15) is 0 Å². The molecule has 0 amide bonds. The van der Waals surface area contributed by atoms with Crippen molar-refractivity contribution < 1.29 is 0 Å². The third kappa shape index (κ3) is 3.45. The second-order valence-electron chi connectivity index (χ2n) is 4.89. The summed E-state index contributed by atoms with van der Waals surface area (Å²) in [4.78, 5) is 0. The zero-order valence-electron chi connectivity index (χ0n) is 11.3. The van der Waals surface area contributed by atoms with Crippen LogP contribution in [0.3, 0.4) is 0 Å². The van der Waals surface area contributed by atoms with Crippen LogP contribution in [0.1, 0.15) is 50.9 Å². The largest absolute Gasteiger partial charge is 0.310 e. The van der Waals surface area contributed by atoms with Crippen molar-refractivity contribution in [2.45, 2.75) is 56.9 Å². The van der Waals surface area contributed by atoms with Crippen LogP contribution in [-0.4, -0.2) is 38.3 Å². The molecule has 1 aliphatic rings. The van der Waals surface area contributed by atoms with Crippen molar-refractivity contribution in [2.75, 3.05) is 12.8 Å². The smallest absolute Gasteiger partial charge is 0.165 e. The second-order valence-corrected chi connectivity index (χ2v) is 6.03. The van der Waals surface area contributed by atoms with Crippen LogP contribution in [0.4, 0.5) is 0 Å². The van der Waals surface area contributed by atoms with Crippen LogP contribution in [0.15, 0.2) is 0 Å². The summed E-state index contributed by atoms with van der Waals surface area (Å²) in [6.45, 7) is 3.96. The summed E-state index contributed by atoms with van der Waals surface area (Å²) in [5, 5.41) is 16.3. The molecule has 1 saturated carbocycles. The Kier molecular flexibility index (Phi) is 5.44. The average Bonchev–Trinajstić information content (AvgIpc) is 2.87. The van der Waals surface area contributed by atoms with Crippen LogP contribution in [-0.2, 0) is 6.54 Å². The van der Waals surface area contributed by atoms with E-state index in [0.29, 0.717) is 6.04 Å². The molecule has 0 aliphatic heterocycles. The lowest BCUT2D eigenvalue weighted by Crippen LogP contribution is -2.25. The summed E-state index contributed by atoms with van der Waals surface area (Å²) in [6.07, 6.45) is 8.38. The Morgan fingerprint density at radius 1 is 1.44 bits per heavy atom. The molecular weight excluding hydrogens is 246 g/mol. The van der Waals surface area contributed by atoms with E-state index in [1.165, 1.54) is 25.7 Å². The predicted molar refractivity (Wildman–Crippen MR) is 74.6 cm³/mol. The van der Waals surface area contributed by atoms with Crippen molar-refractivity contribution in [3.63, 3.8) is 0 Å². The molecule has 1 fully saturated rings. The fourth-order valence-corrected chi connectivity index (χ4v) is 3.36. The molecule has 5 nitrogen and oxygen atoms in total. The Labute approximate surface area is 113 Å². The molecule has 18 heavy (non-hydrogen) atoms. The van der Waals surface area contributed by atoms with Gasteiger partial charge >= 0.3 is 0 Å². The van der Waals surface area contributed by atoms with Crippen LogP contribution in [0, 0.1) is 0 Å². The Morgan fingerprint density at radius 3 is 3.11 bits per heavy atom. The first-order chi connectivity index (χ1) is 8.85. The molecule has 1 aliphatic carbocycles. The maximum atomic E-state index is 4.19. The van der Waals surface area contributed by atoms with E-state index in [9.17, 15) is 0 Å². The molecular formula is C12H23N5S. The van der Waals surface area contributed by atoms with Crippen molar-refractivity contribution >= 4 is 11.8 Å². The van der Waals surface area contributed by atoms with Gasteiger partial charge in [0.2, 0.25) is 0 Å². The molecule has 0 bridgehead atoms. The highest BCUT2D eigenvalue weighted by Gasteiger charge is 2.25. The van der Waals surface area contributed by atoms with Crippen LogP contribution < -0.4 is 5.32 Å². The van der Waals surface area contributed by atoms with Crippen molar-refractivity contribution in [2.24, 2.45) is 0 Å². The monoisotopic (exact) mass is 269 g/mol. The summed E-state index contributed by atoms with van der Waals surface area (Å²) in [6, 6.07) is 0.490. The summed E-state index contributed by atoms with van der Waals surface area (Å²) < 4.78 is 2.05. The molecule has 0 aromatic carbocycles. The van der Waals surface area contributed by atoms with E-state index in [0.717, 1.165) is 30.6 Å². The Bertz CT molecular complexity index is 354. The Balaban J connectivity index is 1.97. The van der Waals surface area contributed by atoms with Gasteiger partial charge < -0.3 is 5.32 Å². The fourth-order valence-electron chi connectivity index (χ4n) is 2.55. The zero-order valence-corrected chi connectivity index (χ0v) is 12.1. The molecule has 1 aromatic rings. The number of hydrogen-bond acceptors (Lipinski definition) is 5. The summed E-state index contributed by atoms with van der Waals surface area (Å²) in [7, 11) is 0.